The second-order valence-electron chi connectivity index (χ2n) is 4.10. The predicted octanol–water partition coefficient (Wildman–Crippen LogP) is 1.59. The van der Waals surface area contributed by atoms with Gasteiger partial charge in [-0.25, -0.2) is 9.97 Å². The van der Waals surface area contributed by atoms with Gasteiger partial charge in [0.05, 0.1) is 13.2 Å². The Bertz CT molecular complexity index is 528. The maximum absolute atomic E-state index is 10.2. The third-order valence-corrected chi connectivity index (χ3v) is 2.96. The number of fused-ring (bicyclic) bond motifs is 1. The van der Waals surface area contributed by atoms with Crippen molar-refractivity contribution < 1.29 is 9.84 Å². The lowest BCUT2D eigenvalue weighted by Crippen LogP contribution is -2.01. The van der Waals surface area contributed by atoms with Crippen LogP contribution in [0.25, 0.3) is 0 Å². The Morgan fingerprint density at radius 1 is 1.06 bits per heavy atom. The summed E-state index contributed by atoms with van der Waals surface area (Å²) in [5.41, 5.74) is 3.90. The molecule has 1 aliphatic heterocycles. The van der Waals surface area contributed by atoms with Crippen molar-refractivity contribution in [1.82, 2.24) is 9.97 Å². The summed E-state index contributed by atoms with van der Waals surface area (Å²) in [5.74, 6) is 0. The molecule has 3 rings (SSSR count). The molecule has 0 amide bonds. The predicted molar refractivity (Wildman–Crippen MR) is 61.0 cm³/mol. The Labute approximate surface area is 98.9 Å². The van der Waals surface area contributed by atoms with Gasteiger partial charge in [-0.2, -0.15) is 0 Å². The zero-order valence-electron chi connectivity index (χ0n) is 9.21. The van der Waals surface area contributed by atoms with Crippen LogP contribution in [-0.2, 0) is 18.0 Å². The molecule has 1 atom stereocenters. The minimum absolute atomic E-state index is 0.626. The first-order valence-electron chi connectivity index (χ1n) is 5.47. The van der Waals surface area contributed by atoms with Crippen molar-refractivity contribution in [2.75, 3.05) is 0 Å². The average Bonchev–Trinajstić information content (AvgIpc) is 2.86. The number of aliphatic hydroxyl groups excluding tert-OH is 1. The van der Waals surface area contributed by atoms with Crippen molar-refractivity contribution in [3.63, 3.8) is 0 Å². The van der Waals surface area contributed by atoms with Crippen LogP contribution < -0.4 is 0 Å². The lowest BCUT2D eigenvalue weighted by molar-refractivity contribution is 0.134. The SMILES string of the molecule is OC(c1cncnc1)c1ccc2c(c1)COC2. The van der Waals surface area contributed by atoms with Gasteiger partial charge in [-0.05, 0) is 16.7 Å². The Morgan fingerprint density at radius 3 is 2.65 bits per heavy atom. The summed E-state index contributed by atoms with van der Waals surface area (Å²) < 4.78 is 5.35. The second-order valence-corrected chi connectivity index (χ2v) is 4.10. The fraction of sp³-hybridized carbons (Fsp3) is 0.231. The van der Waals surface area contributed by atoms with Crippen molar-refractivity contribution in [2.24, 2.45) is 0 Å². The Kier molecular flexibility index (Phi) is 2.59. The van der Waals surface area contributed by atoms with E-state index in [-0.39, 0.29) is 0 Å². The van der Waals surface area contributed by atoms with Gasteiger partial charge in [-0.1, -0.05) is 18.2 Å². The molecule has 2 heterocycles. The minimum atomic E-state index is -0.679. The topological polar surface area (TPSA) is 55.2 Å². The summed E-state index contributed by atoms with van der Waals surface area (Å²) in [6.45, 7) is 1.29. The van der Waals surface area contributed by atoms with Crippen molar-refractivity contribution >= 4 is 0 Å². The zero-order valence-corrected chi connectivity index (χ0v) is 9.21. The van der Waals surface area contributed by atoms with Crippen molar-refractivity contribution in [2.45, 2.75) is 19.3 Å². The Morgan fingerprint density at radius 2 is 1.82 bits per heavy atom. The summed E-state index contributed by atoms with van der Waals surface area (Å²) in [6.07, 6.45) is 4.03. The molecule has 0 aliphatic carbocycles. The first-order valence-corrected chi connectivity index (χ1v) is 5.47. The van der Waals surface area contributed by atoms with Crippen LogP contribution in [0.1, 0.15) is 28.4 Å². The lowest BCUT2D eigenvalue weighted by Gasteiger charge is -2.11. The Balaban J connectivity index is 1.94. The third-order valence-electron chi connectivity index (χ3n) is 2.96. The molecule has 1 aliphatic rings. The van der Waals surface area contributed by atoms with Gasteiger partial charge in [0, 0.05) is 18.0 Å². The van der Waals surface area contributed by atoms with Gasteiger partial charge >= 0.3 is 0 Å². The summed E-state index contributed by atoms with van der Waals surface area (Å²) >= 11 is 0. The summed E-state index contributed by atoms with van der Waals surface area (Å²) in [5, 5.41) is 10.2. The molecule has 86 valence electrons. The van der Waals surface area contributed by atoms with E-state index < -0.39 is 6.10 Å². The molecular weight excluding hydrogens is 216 g/mol. The highest BCUT2D eigenvalue weighted by atomic mass is 16.5. The normalized spacial score (nSPS) is 15.6. The molecule has 0 bridgehead atoms. The van der Waals surface area contributed by atoms with Gasteiger partial charge in [-0.15, -0.1) is 0 Å². The molecule has 1 unspecified atom stereocenters. The second kappa shape index (κ2) is 4.24. The van der Waals surface area contributed by atoms with Crippen LogP contribution in [0.4, 0.5) is 0 Å². The standard InChI is InChI=1S/C13H12N2O2/c16-13(12-4-14-8-15-5-12)9-1-2-10-6-17-7-11(10)3-9/h1-5,8,13,16H,6-7H2. The number of nitrogens with zero attached hydrogens (tertiary/aromatic N) is 2. The molecule has 2 aromatic rings. The van der Waals surface area contributed by atoms with Crippen LogP contribution in [0, 0.1) is 0 Å². The summed E-state index contributed by atoms with van der Waals surface area (Å²) in [4.78, 5) is 7.82. The highest BCUT2D eigenvalue weighted by Crippen LogP contribution is 2.26. The number of aromatic nitrogens is 2. The van der Waals surface area contributed by atoms with Gasteiger partial charge in [0.25, 0.3) is 0 Å². The van der Waals surface area contributed by atoms with Crippen LogP contribution >= 0.6 is 0 Å². The zero-order chi connectivity index (χ0) is 11.7. The minimum Gasteiger partial charge on any atom is -0.384 e. The summed E-state index contributed by atoms with van der Waals surface area (Å²) in [7, 11) is 0. The van der Waals surface area contributed by atoms with E-state index >= 15 is 0 Å². The number of hydrogen-bond donors (Lipinski definition) is 1. The molecule has 1 N–H and O–H groups in total. The van der Waals surface area contributed by atoms with Gasteiger partial charge in [-0.3, -0.25) is 0 Å². The number of benzene rings is 1. The molecule has 1 aromatic heterocycles. The number of rotatable bonds is 2. The van der Waals surface area contributed by atoms with E-state index in [0.717, 1.165) is 11.1 Å². The van der Waals surface area contributed by atoms with Crippen LogP contribution in [0.2, 0.25) is 0 Å². The van der Waals surface area contributed by atoms with Crippen LogP contribution in [-0.4, -0.2) is 15.1 Å². The smallest absolute Gasteiger partial charge is 0.115 e. The number of ether oxygens (including phenoxy) is 1. The first kappa shape index (κ1) is 10.4. The van der Waals surface area contributed by atoms with Crippen LogP contribution in [0.5, 0.6) is 0 Å². The van der Waals surface area contributed by atoms with E-state index in [4.69, 9.17) is 4.74 Å². The maximum atomic E-state index is 10.2. The van der Waals surface area contributed by atoms with Crippen LogP contribution in [0.15, 0.2) is 36.9 Å². The molecule has 0 saturated carbocycles. The van der Waals surface area contributed by atoms with E-state index in [0.29, 0.717) is 18.8 Å². The van der Waals surface area contributed by atoms with Crippen molar-refractivity contribution in [1.29, 1.82) is 0 Å². The first-order chi connectivity index (χ1) is 8.34. The molecule has 17 heavy (non-hydrogen) atoms. The number of hydrogen-bond acceptors (Lipinski definition) is 4. The fourth-order valence-electron chi connectivity index (χ4n) is 2.01. The average molecular weight is 228 g/mol. The van der Waals surface area contributed by atoms with Gasteiger partial charge in [0.15, 0.2) is 0 Å². The van der Waals surface area contributed by atoms with Gasteiger partial charge in [0.2, 0.25) is 0 Å². The van der Waals surface area contributed by atoms with E-state index in [1.807, 2.05) is 18.2 Å². The molecule has 4 heteroatoms. The Hall–Kier alpha value is -1.78. The van der Waals surface area contributed by atoms with Gasteiger partial charge in [0.1, 0.15) is 12.4 Å². The fourth-order valence-corrected chi connectivity index (χ4v) is 2.01. The van der Waals surface area contributed by atoms with E-state index in [1.54, 1.807) is 12.4 Å². The van der Waals surface area contributed by atoms with Crippen molar-refractivity contribution in [3.8, 4) is 0 Å². The van der Waals surface area contributed by atoms with E-state index in [1.165, 1.54) is 11.9 Å². The van der Waals surface area contributed by atoms with E-state index in [2.05, 4.69) is 9.97 Å². The third kappa shape index (κ3) is 1.92. The monoisotopic (exact) mass is 228 g/mol. The molecule has 0 spiro atoms. The molecule has 0 fully saturated rings. The molecule has 1 aromatic carbocycles. The highest BCUT2D eigenvalue weighted by molar-refractivity contribution is 5.36. The van der Waals surface area contributed by atoms with E-state index in [9.17, 15) is 5.11 Å². The van der Waals surface area contributed by atoms with Crippen molar-refractivity contribution in [3.05, 3.63) is 59.2 Å². The van der Waals surface area contributed by atoms with Gasteiger partial charge < -0.3 is 9.84 Å². The molecule has 0 radical (unpaired) electrons. The van der Waals surface area contributed by atoms with Crippen LogP contribution in [0.3, 0.4) is 0 Å². The molecule has 0 saturated heterocycles. The highest BCUT2D eigenvalue weighted by Gasteiger charge is 2.16. The lowest BCUT2D eigenvalue weighted by atomic mass is 10.00. The summed E-state index contributed by atoms with van der Waals surface area (Å²) in [6, 6.07) is 5.91. The quantitative estimate of drug-likeness (QED) is 0.848. The molecule has 4 nitrogen and oxygen atoms in total. The largest absolute Gasteiger partial charge is 0.384 e. The maximum Gasteiger partial charge on any atom is 0.115 e. The number of aliphatic hydroxyl groups is 1. The molecular formula is C13H12N2O2.